The van der Waals surface area contributed by atoms with Crippen LogP contribution in [-0.4, -0.2) is 64.9 Å². The molecule has 8 nitrogen and oxygen atoms in total. The smallest absolute Gasteiger partial charge is 0.264 e. The number of halogens is 2. The van der Waals surface area contributed by atoms with Gasteiger partial charge in [-0.05, 0) is 53.9 Å². The number of hydrogen-bond donors (Lipinski definition) is 1. The Labute approximate surface area is 237 Å². The number of rotatable bonds is 11. The topological polar surface area (TPSA) is 90.0 Å². The molecule has 0 atom stereocenters. The molecule has 2 heterocycles. The first-order valence-electron chi connectivity index (χ1n) is 13.3. The fourth-order valence-electron chi connectivity index (χ4n) is 4.76. The minimum atomic E-state index is -4.22. The average Bonchev–Trinajstić information content (AvgIpc) is 2.97. The summed E-state index contributed by atoms with van der Waals surface area (Å²) < 4.78 is 73.6. The Hall–Kier alpha value is -3.80. The van der Waals surface area contributed by atoms with Gasteiger partial charge in [-0.2, -0.15) is 0 Å². The SMILES string of the molecule is COc1cc2c(Cc3ccc(NS(=O)(=O)c4ccccc4F)cc3F)ccnc2cc1OCCCN1CCOCC1. The Kier molecular flexibility index (Phi) is 8.96. The number of pyridine rings is 1. The molecule has 1 fully saturated rings. The lowest BCUT2D eigenvalue weighted by atomic mass is 10.00. The number of benzene rings is 3. The van der Waals surface area contributed by atoms with Crippen LogP contribution in [0.5, 0.6) is 11.5 Å². The molecule has 0 bridgehead atoms. The first-order chi connectivity index (χ1) is 19.8. The van der Waals surface area contributed by atoms with Gasteiger partial charge in [0.15, 0.2) is 11.5 Å². The first-order valence-corrected chi connectivity index (χ1v) is 14.8. The molecule has 1 N–H and O–H groups in total. The Morgan fingerprint density at radius 3 is 2.54 bits per heavy atom. The molecule has 0 amide bonds. The van der Waals surface area contributed by atoms with Crippen LogP contribution in [0.15, 0.2) is 71.8 Å². The van der Waals surface area contributed by atoms with E-state index in [0.717, 1.165) is 68.4 Å². The summed E-state index contributed by atoms with van der Waals surface area (Å²) in [6, 6.07) is 14.5. The highest BCUT2D eigenvalue weighted by molar-refractivity contribution is 7.92. The molecular weight excluding hydrogens is 552 g/mol. The predicted molar refractivity (Wildman–Crippen MR) is 152 cm³/mol. The maximum Gasteiger partial charge on any atom is 0.264 e. The number of fused-ring (bicyclic) bond motifs is 1. The number of nitrogens with one attached hydrogen (secondary N) is 1. The molecule has 1 aromatic heterocycles. The van der Waals surface area contributed by atoms with Crippen LogP contribution >= 0.6 is 0 Å². The zero-order valence-electron chi connectivity index (χ0n) is 22.6. The summed E-state index contributed by atoms with van der Waals surface area (Å²) in [4.78, 5) is 6.31. The zero-order valence-corrected chi connectivity index (χ0v) is 23.4. The molecule has 41 heavy (non-hydrogen) atoms. The van der Waals surface area contributed by atoms with E-state index in [1.54, 1.807) is 19.4 Å². The third-order valence-corrected chi connectivity index (χ3v) is 8.32. The second kappa shape index (κ2) is 12.8. The second-order valence-electron chi connectivity index (χ2n) is 9.67. The van der Waals surface area contributed by atoms with Crippen LogP contribution < -0.4 is 14.2 Å². The molecule has 1 saturated heterocycles. The summed E-state index contributed by atoms with van der Waals surface area (Å²) >= 11 is 0. The van der Waals surface area contributed by atoms with Gasteiger partial charge in [-0.1, -0.05) is 18.2 Å². The van der Waals surface area contributed by atoms with Crippen molar-refractivity contribution in [3.8, 4) is 11.5 Å². The number of hydrogen-bond acceptors (Lipinski definition) is 7. The molecular formula is C30H31F2N3O5S. The summed E-state index contributed by atoms with van der Waals surface area (Å²) in [6.45, 7) is 4.83. The van der Waals surface area contributed by atoms with Crippen molar-refractivity contribution >= 4 is 26.6 Å². The van der Waals surface area contributed by atoms with Crippen LogP contribution in [0.25, 0.3) is 10.9 Å². The summed E-state index contributed by atoms with van der Waals surface area (Å²) in [6.07, 6.45) is 2.75. The van der Waals surface area contributed by atoms with Crippen molar-refractivity contribution in [1.82, 2.24) is 9.88 Å². The molecule has 5 rings (SSSR count). The van der Waals surface area contributed by atoms with Crippen molar-refractivity contribution in [2.45, 2.75) is 17.7 Å². The number of methoxy groups -OCH3 is 1. The quantitative estimate of drug-likeness (QED) is 0.248. The van der Waals surface area contributed by atoms with Gasteiger partial charge in [0.05, 0.1) is 38.1 Å². The van der Waals surface area contributed by atoms with Gasteiger partial charge in [0, 0.05) is 43.7 Å². The number of sulfonamides is 1. The molecule has 1 aliphatic heterocycles. The fraction of sp³-hybridized carbons (Fsp3) is 0.300. The van der Waals surface area contributed by atoms with Crippen LogP contribution in [0.4, 0.5) is 14.5 Å². The highest BCUT2D eigenvalue weighted by atomic mass is 32.2. The van der Waals surface area contributed by atoms with E-state index in [0.29, 0.717) is 29.2 Å². The van der Waals surface area contributed by atoms with E-state index in [1.807, 2.05) is 12.1 Å². The van der Waals surface area contributed by atoms with Gasteiger partial charge in [-0.15, -0.1) is 0 Å². The van der Waals surface area contributed by atoms with Crippen LogP contribution in [0.1, 0.15) is 17.5 Å². The van der Waals surface area contributed by atoms with Crippen molar-refractivity contribution in [2.24, 2.45) is 0 Å². The van der Waals surface area contributed by atoms with E-state index in [-0.39, 0.29) is 12.1 Å². The summed E-state index contributed by atoms with van der Waals surface area (Å²) in [7, 11) is -2.65. The van der Waals surface area contributed by atoms with E-state index in [1.165, 1.54) is 24.3 Å². The molecule has 216 valence electrons. The number of aromatic nitrogens is 1. The molecule has 0 radical (unpaired) electrons. The Bertz CT molecular complexity index is 1630. The van der Waals surface area contributed by atoms with Crippen molar-refractivity contribution in [2.75, 3.05) is 51.3 Å². The van der Waals surface area contributed by atoms with E-state index < -0.39 is 26.6 Å². The van der Waals surface area contributed by atoms with Gasteiger partial charge in [0.25, 0.3) is 10.0 Å². The third-order valence-electron chi connectivity index (χ3n) is 6.91. The van der Waals surface area contributed by atoms with Gasteiger partial charge in [0.2, 0.25) is 0 Å². The van der Waals surface area contributed by atoms with Gasteiger partial charge in [0.1, 0.15) is 16.5 Å². The molecule has 4 aromatic rings. The minimum absolute atomic E-state index is 0.00818. The molecule has 0 spiro atoms. The fourth-order valence-corrected chi connectivity index (χ4v) is 5.89. The van der Waals surface area contributed by atoms with Gasteiger partial charge < -0.3 is 14.2 Å². The van der Waals surface area contributed by atoms with Crippen LogP contribution in [0, 0.1) is 11.6 Å². The number of anilines is 1. The van der Waals surface area contributed by atoms with Gasteiger partial charge in [-0.3, -0.25) is 14.6 Å². The van der Waals surface area contributed by atoms with Crippen LogP contribution in [-0.2, 0) is 21.2 Å². The van der Waals surface area contributed by atoms with E-state index in [4.69, 9.17) is 14.2 Å². The van der Waals surface area contributed by atoms with Crippen molar-refractivity contribution in [3.05, 3.63) is 89.6 Å². The monoisotopic (exact) mass is 583 g/mol. The standard InChI is InChI=1S/C30H31F2N3O5S/c1-38-28-19-24-21(9-10-33-27(24)20-29(28)40-14-4-11-35-12-15-39-16-13-35)17-22-7-8-23(18-26(22)32)34-41(36,37)30-6-3-2-5-25(30)31/h2-3,5-10,18-20,34H,4,11-17H2,1H3. The maximum absolute atomic E-state index is 15.1. The van der Waals surface area contributed by atoms with Gasteiger partial charge in [-0.25, -0.2) is 17.2 Å². The van der Waals surface area contributed by atoms with E-state index in [9.17, 15) is 12.8 Å². The predicted octanol–water partition coefficient (Wildman–Crippen LogP) is 5.01. The Morgan fingerprint density at radius 2 is 1.78 bits per heavy atom. The lowest BCUT2D eigenvalue weighted by molar-refractivity contribution is 0.0357. The number of nitrogens with zero attached hydrogens (tertiary/aromatic N) is 2. The Balaban J connectivity index is 1.30. The molecule has 0 aliphatic carbocycles. The van der Waals surface area contributed by atoms with Crippen LogP contribution in [0.3, 0.4) is 0 Å². The highest BCUT2D eigenvalue weighted by Gasteiger charge is 2.20. The molecule has 11 heteroatoms. The number of morpholine rings is 1. The molecule has 0 saturated carbocycles. The van der Waals surface area contributed by atoms with E-state index >= 15 is 4.39 Å². The summed E-state index contributed by atoms with van der Waals surface area (Å²) in [5.41, 5.74) is 1.84. The maximum atomic E-state index is 15.1. The van der Waals surface area contributed by atoms with Gasteiger partial charge >= 0.3 is 0 Å². The highest BCUT2D eigenvalue weighted by Crippen LogP contribution is 2.34. The molecule has 0 unspecified atom stereocenters. The average molecular weight is 584 g/mol. The normalized spacial score (nSPS) is 14.2. The largest absolute Gasteiger partial charge is 0.493 e. The Morgan fingerprint density at radius 1 is 0.976 bits per heavy atom. The van der Waals surface area contributed by atoms with Crippen LogP contribution in [0.2, 0.25) is 0 Å². The summed E-state index contributed by atoms with van der Waals surface area (Å²) in [5.74, 6) is -0.352. The minimum Gasteiger partial charge on any atom is -0.493 e. The lowest BCUT2D eigenvalue weighted by Gasteiger charge is -2.26. The van der Waals surface area contributed by atoms with E-state index in [2.05, 4.69) is 14.6 Å². The number of ether oxygens (including phenoxy) is 3. The molecule has 3 aromatic carbocycles. The lowest BCUT2D eigenvalue weighted by Crippen LogP contribution is -2.37. The first kappa shape index (κ1) is 28.7. The second-order valence-corrected chi connectivity index (χ2v) is 11.3. The van der Waals surface area contributed by atoms with Crippen molar-refractivity contribution in [3.63, 3.8) is 0 Å². The van der Waals surface area contributed by atoms with Crippen molar-refractivity contribution in [1.29, 1.82) is 0 Å². The zero-order chi connectivity index (χ0) is 28.8. The summed E-state index contributed by atoms with van der Waals surface area (Å²) in [5, 5.41) is 0.786. The third kappa shape index (κ3) is 6.92. The molecule has 1 aliphatic rings. The van der Waals surface area contributed by atoms with Crippen molar-refractivity contribution < 1.29 is 31.4 Å².